The molecule has 0 N–H and O–H groups in total. The van der Waals surface area contributed by atoms with Gasteiger partial charge in [0.25, 0.3) is 0 Å². The number of aryl methyl sites for hydroxylation is 2. The van der Waals surface area contributed by atoms with Crippen molar-refractivity contribution in [3.63, 3.8) is 0 Å². The molecule has 0 amide bonds. The first-order valence-electron chi connectivity index (χ1n) is 9.62. The molecule has 0 saturated heterocycles. The van der Waals surface area contributed by atoms with Crippen LogP contribution in [0.1, 0.15) is 28.4 Å². The molecule has 0 aliphatic carbocycles. The summed E-state index contributed by atoms with van der Waals surface area (Å²) in [6.45, 7) is 6.31. The lowest BCUT2D eigenvalue weighted by Crippen LogP contribution is -2.10. The Labute approximate surface area is 176 Å². The zero-order valence-electron chi connectivity index (χ0n) is 17.5. The van der Waals surface area contributed by atoms with Crippen LogP contribution in [0.3, 0.4) is 0 Å². The van der Waals surface area contributed by atoms with Crippen molar-refractivity contribution in [1.82, 2.24) is 0 Å². The Morgan fingerprint density at radius 3 is 1.97 bits per heavy atom. The maximum atomic E-state index is 12.5. The molecule has 0 heterocycles. The molecule has 6 heteroatoms. The van der Waals surface area contributed by atoms with Crippen LogP contribution in [0.25, 0.3) is 0 Å². The van der Waals surface area contributed by atoms with Crippen molar-refractivity contribution < 1.29 is 19.0 Å². The van der Waals surface area contributed by atoms with E-state index < -0.39 is 5.97 Å². The number of azo groups is 1. The fraction of sp³-hybridized carbons (Fsp3) is 0.208. The second-order valence-electron chi connectivity index (χ2n) is 6.65. The maximum absolute atomic E-state index is 12.5. The molecule has 3 aromatic carbocycles. The van der Waals surface area contributed by atoms with Gasteiger partial charge in [-0.15, -0.1) is 0 Å². The zero-order valence-corrected chi connectivity index (χ0v) is 17.5. The Hall–Kier alpha value is -3.67. The van der Waals surface area contributed by atoms with Crippen molar-refractivity contribution in [3.8, 4) is 17.2 Å². The van der Waals surface area contributed by atoms with Crippen LogP contribution >= 0.6 is 0 Å². The Balaban J connectivity index is 1.73. The van der Waals surface area contributed by atoms with Crippen LogP contribution in [0, 0.1) is 13.8 Å². The number of hydrogen-bond acceptors (Lipinski definition) is 6. The minimum absolute atomic E-state index is 0.424. The van der Waals surface area contributed by atoms with Crippen LogP contribution in [0.2, 0.25) is 0 Å². The van der Waals surface area contributed by atoms with Crippen LogP contribution in [-0.4, -0.2) is 19.7 Å². The predicted molar refractivity (Wildman–Crippen MR) is 116 cm³/mol. The summed E-state index contributed by atoms with van der Waals surface area (Å²) in [6, 6.07) is 17.9. The highest BCUT2D eigenvalue weighted by Crippen LogP contribution is 2.30. The van der Waals surface area contributed by atoms with Crippen LogP contribution < -0.4 is 14.2 Å². The van der Waals surface area contributed by atoms with Gasteiger partial charge in [0.15, 0.2) is 0 Å². The van der Waals surface area contributed by atoms with Gasteiger partial charge in [-0.25, -0.2) is 4.79 Å². The van der Waals surface area contributed by atoms with E-state index in [0.29, 0.717) is 29.4 Å². The molecule has 0 unspecified atom stereocenters. The van der Waals surface area contributed by atoms with Crippen LogP contribution in [0.5, 0.6) is 17.2 Å². The molecule has 3 rings (SSSR count). The third-order valence-electron chi connectivity index (χ3n) is 4.39. The molecule has 0 fully saturated rings. The average molecular weight is 404 g/mol. The quantitative estimate of drug-likeness (QED) is 0.261. The van der Waals surface area contributed by atoms with E-state index in [9.17, 15) is 4.79 Å². The van der Waals surface area contributed by atoms with Crippen molar-refractivity contribution >= 4 is 17.3 Å². The summed E-state index contributed by atoms with van der Waals surface area (Å²) >= 11 is 0. The molecule has 6 nitrogen and oxygen atoms in total. The molecule has 3 aromatic rings. The summed E-state index contributed by atoms with van der Waals surface area (Å²) < 4.78 is 16.2. The molecule has 30 heavy (non-hydrogen) atoms. The Kier molecular flexibility index (Phi) is 6.80. The van der Waals surface area contributed by atoms with Gasteiger partial charge in [-0.1, -0.05) is 0 Å². The largest absolute Gasteiger partial charge is 0.497 e. The second kappa shape index (κ2) is 9.69. The Morgan fingerprint density at radius 2 is 1.40 bits per heavy atom. The summed E-state index contributed by atoms with van der Waals surface area (Å²) in [5.41, 5.74) is 3.47. The fourth-order valence-corrected chi connectivity index (χ4v) is 2.92. The minimum Gasteiger partial charge on any atom is -0.497 e. The molecule has 0 atom stereocenters. The van der Waals surface area contributed by atoms with Gasteiger partial charge in [0.1, 0.15) is 17.2 Å². The van der Waals surface area contributed by atoms with E-state index in [1.54, 1.807) is 31.4 Å². The van der Waals surface area contributed by atoms with Crippen LogP contribution in [0.4, 0.5) is 11.4 Å². The number of carbonyl (C=O) groups excluding carboxylic acids is 1. The summed E-state index contributed by atoms with van der Waals surface area (Å²) in [5, 5.41) is 8.57. The standard InChI is InChI=1S/C24H24N2O4/c1-5-29-22-12-8-19(9-13-22)25-26-20-14-16(2)23(17(3)15-20)30-24(27)18-6-10-21(28-4)11-7-18/h6-15H,5H2,1-4H3. The number of carbonyl (C=O) groups is 1. The lowest BCUT2D eigenvalue weighted by molar-refractivity contribution is 0.0732. The van der Waals surface area contributed by atoms with Gasteiger partial charge in [-0.2, -0.15) is 10.2 Å². The summed E-state index contributed by atoms with van der Waals surface area (Å²) in [5.74, 6) is 1.58. The topological polar surface area (TPSA) is 69.5 Å². The molecule has 0 aromatic heterocycles. The van der Waals surface area contributed by atoms with E-state index in [1.807, 2.05) is 57.2 Å². The van der Waals surface area contributed by atoms with Gasteiger partial charge in [-0.3, -0.25) is 0 Å². The van der Waals surface area contributed by atoms with Gasteiger partial charge < -0.3 is 14.2 Å². The molecular weight excluding hydrogens is 380 g/mol. The number of benzene rings is 3. The number of hydrogen-bond donors (Lipinski definition) is 0. The Bertz CT molecular complexity index is 1020. The van der Waals surface area contributed by atoms with E-state index >= 15 is 0 Å². The highest BCUT2D eigenvalue weighted by atomic mass is 16.5. The van der Waals surface area contributed by atoms with Crippen LogP contribution in [-0.2, 0) is 0 Å². The molecule has 154 valence electrons. The van der Waals surface area contributed by atoms with E-state index in [1.165, 1.54) is 0 Å². The van der Waals surface area contributed by atoms with E-state index in [0.717, 1.165) is 22.6 Å². The molecule has 0 bridgehead atoms. The minimum atomic E-state index is -0.424. The first kappa shape index (κ1) is 21.0. The fourth-order valence-electron chi connectivity index (χ4n) is 2.92. The summed E-state index contributed by atoms with van der Waals surface area (Å²) in [6.07, 6.45) is 0. The van der Waals surface area contributed by atoms with Crippen molar-refractivity contribution in [2.75, 3.05) is 13.7 Å². The molecule has 0 spiro atoms. The monoisotopic (exact) mass is 404 g/mol. The summed E-state index contributed by atoms with van der Waals surface area (Å²) in [4.78, 5) is 12.5. The number of nitrogens with zero attached hydrogens (tertiary/aromatic N) is 2. The number of ether oxygens (including phenoxy) is 3. The molecule has 0 aliphatic rings. The smallest absolute Gasteiger partial charge is 0.343 e. The van der Waals surface area contributed by atoms with Gasteiger partial charge in [0.2, 0.25) is 0 Å². The maximum Gasteiger partial charge on any atom is 0.343 e. The van der Waals surface area contributed by atoms with Crippen LogP contribution in [0.15, 0.2) is 70.9 Å². The van der Waals surface area contributed by atoms with E-state index in [2.05, 4.69) is 10.2 Å². The molecule has 0 saturated carbocycles. The lowest BCUT2D eigenvalue weighted by atomic mass is 10.1. The Morgan fingerprint density at radius 1 is 0.833 bits per heavy atom. The average Bonchev–Trinajstić information content (AvgIpc) is 2.76. The first-order chi connectivity index (χ1) is 14.5. The number of methoxy groups -OCH3 is 1. The predicted octanol–water partition coefficient (Wildman–Crippen LogP) is 6.35. The second-order valence-corrected chi connectivity index (χ2v) is 6.65. The third kappa shape index (κ3) is 5.23. The van der Waals surface area contributed by atoms with Crippen molar-refractivity contribution in [2.24, 2.45) is 10.2 Å². The SMILES string of the molecule is CCOc1ccc(N=Nc2cc(C)c(OC(=O)c3ccc(OC)cc3)c(C)c2)cc1. The lowest BCUT2D eigenvalue weighted by Gasteiger charge is -2.11. The number of rotatable bonds is 7. The van der Waals surface area contributed by atoms with Crippen molar-refractivity contribution in [3.05, 3.63) is 77.4 Å². The molecular formula is C24H24N2O4. The van der Waals surface area contributed by atoms with Crippen molar-refractivity contribution in [1.29, 1.82) is 0 Å². The highest BCUT2D eigenvalue weighted by Gasteiger charge is 2.13. The van der Waals surface area contributed by atoms with Crippen molar-refractivity contribution in [2.45, 2.75) is 20.8 Å². The van der Waals surface area contributed by atoms with E-state index in [-0.39, 0.29) is 0 Å². The number of esters is 1. The van der Waals surface area contributed by atoms with Gasteiger partial charge >= 0.3 is 5.97 Å². The normalized spacial score (nSPS) is 10.8. The molecule has 0 aliphatic heterocycles. The highest BCUT2D eigenvalue weighted by molar-refractivity contribution is 5.91. The first-order valence-corrected chi connectivity index (χ1v) is 9.62. The summed E-state index contributed by atoms with van der Waals surface area (Å²) in [7, 11) is 1.58. The van der Waals surface area contributed by atoms with Gasteiger partial charge in [0.05, 0.1) is 30.7 Å². The van der Waals surface area contributed by atoms with Gasteiger partial charge in [-0.05, 0) is 92.6 Å². The molecule has 0 radical (unpaired) electrons. The van der Waals surface area contributed by atoms with E-state index in [4.69, 9.17) is 14.2 Å². The van der Waals surface area contributed by atoms with Gasteiger partial charge in [0, 0.05) is 0 Å². The zero-order chi connectivity index (χ0) is 21.5. The third-order valence-corrected chi connectivity index (χ3v) is 4.39.